The molecule has 1 N–H and O–H groups in total. The second-order valence-corrected chi connectivity index (χ2v) is 6.78. The molecule has 2 aliphatic rings. The zero-order valence-electron chi connectivity index (χ0n) is 10.3. The third kappa shape index (κ3) is 2.33. The van der Waals surface area contributed by atoms with Gasteiger partial charge in [-0.3, -0.25) is 4.79 Å². The molecule has 1 aliphatic carbocycles. The van der Waals surface area contributed by atoms with Gasteiger partial charge in [-0.1, -0.05) is 46.3 Å². The molecule has 1 aromatic rings. The number of nitrogens with one attached hydrogen (secondary N) is 1. The first-order valence-corrected chi connectivity index (χ1v) is 7.65. The average Bonchev–Trinajstić information content (AvgIpc) is 2.39. The Hall–Kier alpha value is -0.830. The van der Waals surface area contributed by atoms with Gasteiger partial charge in [0.1, 0.15) is 0 Å². The molecule has 1 heterocycles. The molecule has 0 aromatic heterocycles. The molecule has 0 radical (unpaired) electrons. The first kappa shape index (κ1) is 12.2. The highest BCUT2D eigenvalue weighted by atomic mass is 79.9. The molecule has 2 fully saturated rings. The van der Waals surface area contributed by atoms with E-state index in [4.69, 9.17) is 0 Å². The third-order valence-corrected chi connectivity index (χ3v) is 5.15. The van der Waals surface area contributed by atoms with Gasteiger partial charge < -0.3 is 5.32 Å². The Labute approximate surface area is 116 Å². The zero-order valence-corrected chi connectivity index (χ0v) is 11.9. The van der Waals surface area contributed by atoms with Crippen molar-refractivity contribution in [3.8, 4) is 0 Å². The maximum atomic E-state index is 12.2. The molecule has 0 bridgehead atoms. The van der Waals surface area contributed by atoms with Crippen LogP contribution < -0.4 is 5.32 Å². The van der Waals surface area contributed by atoms with E-state index >= 15 is 0 Å². The molecule has 1 amide bonds. The number of benzene rings is 1. The van der Waals surface area contributed by atoms with Crippen LogP contribution in [0.1, 0.15) is 37.2 Å². The van der Waals surface area contributed by atoms with Crippen LogP contribution in [0.15, 0.2) is 30.3 Å². The number of fused-ring (bicyclic) bond motifs is 1. The quantitative estimate of drug-likeness (QED) is 0.793. The van der Waals surface area contributed by atoms with Crippen LogP contribution in [-0.4, -0.2) is 16.8 Å². The Kier molecular flexibility index (Phi) is 3.42. The fourth-order valence-electron chi connectivity index (χ4n) is 3.31. The number of piperidine rings is 1. The maximum absolute atomic E-state index is 12.2. The summed E-state index contributed by atoms with van der Waals surface area (Å²) >= 11 is 3.68. The van der Waals surface area contributed by atoms with Crippen molar-refractivity contribution in [2.75, 3.05) is 0 Å². The monoisotopic (exact) mass is 307 g/mol. The summed E-state index contributed by atoms with van der Waals surface area (Å²) < 4.78 is 0. The molecule has 1 saturated carbocycles. The SMILES string of the molecule is O=C1NC2CC(Br)CCC2CC1c1ccccc1. The summed E-state index contributed by atoms with van der Waals surface area (Å²) in [5.41, 5.74) is 1.16. The van der Waals surface area contributed by atoms with Gasteiger partial charge in [-0.15, -0.1) is 0 Å². The minimum atomic E-state index is 0.0549. The number of rotatable bonds is 1. The van der Waals surface area contributed by atoms with Gasteiger partial charge in [0.15, 0.2) is 0 Å². The van der Waals surface area contributed by atoms with E-state index in [-0.39, 0.29) is 11.8 Å². The average molecular weight is 308 g/mol. The van der Waals surface area contributed by atoms with Crippen LogP contribution >= 0.6 is 15.9 Å². The highest BCUT2D eigenvalue weighted by Gasteiger charge is 2.39. The second kappa shape index (κ2) is 5.04. The molecule has 4 atom stereocenters. The molecule has 0 spiro atoms. The van der Waals surface area contributed by atoms with Crippen LogP contribution in [0.3, 0.4) is 0 Å². The summed E-state index contributed by atoms with van der Waals surface area (Å²) in [4.78, 5) is 12.8. The van der Waals surface area contributed by atoms with Gasteiger partial charge in [0, 0.05) is 10.9 Å². The summed E-state index contributed by atoms with van der Waals surface area (Å²) in [6, 6.07) is 10.6. The van der Waals surface area contributed by atoms with E-state index in [1.165, 1.54) is 12.8 Å². The van der Waals surface area contributed by atoms with E-state index in [1.54, 1.807) is 0 Å². The lowest BCUT2D eigenvalue weighted by Crippen LogP contribution is -2.51. The second-order valence-electron chi connectivity index (χ2n) is 5.48. The van der Waals surface area contributed by atoms with Crippen LogP contribution in [0, 0.1) is 5.92 Å². The molecule has 18 heavy (non-hydrogen) atoms. The van der Waals surface area contributed by atoms with Gasteiger partial charge in [-0.2, -0.15) is 0 Å². The fraction of sp³-hybridized carbons (Fsp3) is 0.533. The van der Waals surface area contributed by atoms with E-state index in [0.29, 0.717) is 16.8 Å². The number of amides is 1. The predicted molar refractivity (Wildman–Crippen MR) is 75.8 cm³/mol. The van der Waals surface area contributed by atoms with Crippen LogP contribution in [0.25, 0.3) is 0 Å². The normalized spacial score (nSPS) is 35.7. The Morgan fingerprint density at radius 1 is 1.11 bits per heavy atom. The molecular formula is C15H18BrNO. The summed E-state index contributed by atoms with van der Waals surface area (Å²) in [6.07, 6.45) is 4.56. The van der Waals surface area contributed by atoms with Crippen LogP contribution in [0.2, 0.25) is 0 Å². The highest BCUT2D eigenvalue weighted by molar-refractivity contribution is 9.09. The number of hydrogen-bond acceptors (Lipinski definition) is 1. The molecule has 1 aliphatic heterocycles. The first-order chi connectivity index (χ1) is 8.74. The summed E-state index contributed by atoms with van der Waals surface area (Å²) in [5.74, 6) is 0.921. The van der Waals surface area contributed by atoms with Crippen molar-refractivity contribution in [1.82, 2.24) is 5.32 Å². The predicted octanol–water partition coefficient (Wildman–Crippen LogP) is 3.22. The fourth-order valence-corrected chi connectivity index (χ4v) is 3.97. The minimum Gasteiger partial charge on any atom is -0.353 e. The lowest BCUT2D eigenvalue weighted by molar-refractivity contribution is -0.126. The molecule has 3 heteroatoms. The minimum absolute atomic E-state index is 0.0549. The Morgan fingerprint density at radius 3 is 2.67 bits per heavy atom. The number of alkyl halides is 1. The lowest BCUT2D eigenvalue weighted by Gasteiger charge is -2.41. The van der Waals surface area contributed by atoms with E-state index in [1.807, 2.05) is 18.2 Å². The lowest BCUT2D eigenvalue weighted by atomic mass is 9.74. The largest absolute Gasteiger partial charge is 0.353 e. The van der Waals surface area contributed by atoms with E-state index in [9.17, 15) is 4.79 Å². The van der Waals surface area contributed by atoms with Gasteiger partial charge in [0.2, 0.25) is 5.91 Å². The van der Waals surface area contributed by atoms with Crippen molar-refractivity contribution < 1.29 is 4.79 Å². The molecule has 96 valence electrons. The molecule has 2 nitrogen and oxygen atoms in total. The Morgan fingerprint density at radius 2 is 1.89 bits per heavy atom. The summed E-state index contributed by atoms with van der Waals surface area (Å²) in [6.45, 7) is 0. The Bertz CT molecular complexity index is 433. The summed E-state index contributed by atoms with van der Waals surface area (Å²) in [7, 11) is 0. The topological polar surface area (TPSA) is 29.1 Å². The van der Waals surface area contributed by atoms with Crippen molar-refractivity contribution in [3.63, 3.8) is 0 Å². The van der Waals surface area contributed by atoms with Crippen LogP contribution in [-0.2, 0) is 4.79 Å². The molecule has 4 unspecified atom stereocenters. The van der Waals surface area contributed by atoms with E-state index in [2.05, 4.69) is 33.4 Å². The number of halogens is 1. The maximum Gasteiger partial charge on any atom is 0.227 e. The summed E-state index contributed by atoms with van der Waals surface area (Å²) in [5, 5.41) is 3.23. The number of carbonyl (C=O) groups excluding carboxylic acids is 1. The van der Waals surface area contributed by atoms with Gasteiger partial charge >= 0.3 is 0 Å². The van der Waals surface area contributed by atoms with E-state index in [0.717, 1.165) is 18.4 Å². The molecule has 3 rings (SSSR count). The van der Waals surface area contributed by atoms with Crippen LogP contribution in [0.4, 0.5) is 0 Å². The van der Waals surface area contributed by atoms with Crippen molar-refractivity contribution >= 4 is 21.8 Å². The molecule has 1 aromatic carbocycles. The number of carbonyl (C=O) groups is 1. The Balaban J connectivity index is 1.78. The zero-order chi connectivity index (χ0) is 12.5. The van der Waals surface area contributed by atoms with Gasteiger partial charge in [0.25, 0.3) is 0 Å². The molecular weight excluding hydrogens is 290 g/mol. The first-order valence-electron chi connectivity index (χ1n) is 6.73. The smallest absolute Gasteiger partial charge is 0.227 e. The van der Waals surface area contributed by atoms with Gasteiger partial charge in [-0.25, -0.2) is 0 Å². The number of hydrogen-bond donors (Lipinski definition) is 1. The van der Waals surface area contributed by atoms with E-state index < -0.39 is 0 Å². The highest BCUT2D eigenvalue weighted by Crippen LogP contribution is 2.39. The van der Waals surface area contributed by atoms with Gasteiger partial charge in [0.05, 0.1) is 5.92 Å². The van der Waals surface area contributed by atoms with Crippen molar-refractivity contribution in [2.24, 2.45) is 5.92 Å². The van der Waals surface area contributed by atoms with Crippen molar-refractivity contribution in [2.45, 2.75) is 42.5 Å². The third-order valence-electron chi connectivity index (χ3n) is 4.31. The van der Waals surface area contributed by atoms with Crippen molar-refractivity contribution in [3.05, 3.63) is 35.9 Å². The molecule has 1 saturated heterocycles. The van der Waals surface area contributed by atoms with Crippen LogP contribution in [0.5, 0.6) is 0 Å². The van der Waals surface area contributed by atoms with Gasteiger partial charge in [-0.05, 0) is 37.2 Å². The van der Waals surface area contributed by atoms with Crippen molar-refractivity contribution in [1.29, 1.82) is 0 Å². The standard InChI is InChI=1S/C15H18BrNO/c16-12-7-6-11-8-13(10-4-2-1-3-5-10)15(18)17-14(11)9-12/h1-5,11-14H,6-9H2,(H,17,18).